The number of rotatable bonds is 2. The van der Waals surface area contributed by atoms with Crippen LogP contribution in [0.5, 0.6) is 0 Å². The number of hydrogen-bond donors (Lipinski definition) is 1. The van der Waals surface area contributed by atoms with E-state index in [2.05, 4.69) is 11.1 Å². The second-order valence-corrected chi connectivity index (χ2v) is 5.18. The van der Waals surface area contributed by atoms with Crippen molar-refractivity contribution in [2.75, 3.05) is 18.0 Å². The van der Waals surface area contributed by atoms with Gasteiger partial charge in [0.1, 0.15) is 6.07 Å². The van der Waals surface area contributed by atoms with Crippen LogP contribution in [0.3, 0.4) is 0 Å². The molecule has 1 aromatic heterocycles. The first-order chi connectivity index (χ1) is 8.93. The average Bonchev–Trinajstić information content (AvgIpc) is 2.70. The first kappa shape index (κ1) is 13.3. The van der Waals surface area contributed by atoms with Crippen molar-refractivity contribution < 1.29 is 9.90 Å². The van der Waals surface area contributed by atoms with Crippen molar-refractivity contribution in [3.05, 3.63) is 23.0 Å². The first-order valence-corrected chi connectivity index (χ1v) is 6.30. The van der Waals surface area contributed by atoms with Crippen LogP contribution in [0.15, 0.2) is 6.07 Å². The van der Waals surface area contributed by atoms with Crippen LogP contribution in [-0.2, 0) is 4.79 Å². The molecule has 0 spiro atoms. The molecule has 0 radical (unpaired) electrons. The number of nitrogens with zero attached hydrogens (tertiary/aromatic N) is 3. The van der Waals surface area contributed by atoms with Gasteiger partial charge in [-0.3, -0.25) is 9.78 Å². The van der Waals surface area contributed by atoms with Gasteiger partial charge in [-0.1, -0.05) is 6.92 Å². The summed E-state index contributed by atoms with van der Waals surface area (Å²) >= 11 is 0. The van der Waals surface area contributed by atoms with Crippen LogP contribution in [0.1, 0.15) is 23.9 Å². The number of carboxylic acids is 1. The van der Waals surface area contributed by atoms with Crippen molar-refractivity contribution in [3.8, 4) is 6.07 Å². The van der Waals surface area contributed by atoms with Crippen LogP contribution >= 0.6 is 0 Å². The van der Waals surface area contributed by atoms with E-state index in [4.69, 9.17) is 0 Å². The Morgan fingerprint density at radius 3 is 2.74 bits per heavy atom. The lowest BCUT2D eigenvalue weighted by Gasteiger charge is -2.20. The van der Waals surface area contributed by atoms with E-state index in [0.717, 1.165) is 11.4 Å². The molecular weight excluding hydrogens is 242 g/mol. The number of anilines is 1. The molecule has 100 valence electrons. The second kappa shape index (κ2) is 4.88. The Kier molecular flexibility index (Phi) is 3.43. The highest BCUT2D eigenvalue weighted by Gasteiger charge is 2.35. The van der Waals surface area contributed by atoms with E-state index < -0.39 is 5.97 Å². The normalized spacial score (nSPS) is 22.3. The summed E-state index contributed by atoms with van der Waals surface area (Å²) in [5, 5.41) is 18.4. The molecule has 1 fully saturated rings. The summed E-state index contributed by atoms with van der Waals surface area (Å²) in [5.41, 5.74) is 2.90. The molecule has 0 amide bonds. The van der Waals surface area contributed by atoms with Gasteiger partial charge in [0.15, 0.2) is 0 Å². The Morgan fingerprint density at radius 2 is 2.21 bits per heavy atom. The number of carboxylic acid groups (broad SMARTS) is 1. The summed E-state index contributed by atoms with van der Waals surface area (Å²) in [6.45, 7) is 6.74. The minimum Gasteiger partial charge on any atom is -0.481 e. The summed E-state index contributed by atoms with van der Waals surface area (Å²) in [4.78, 5) is 17.4. The molecule has 0 aromatic carbocycles. The third kappa shape index (κ3) is 2.39. The lowest BCUT2D eigenvalue weighted by atomic mass is 9.99. The van der Waals surface area contributed by atoms with Crippen molar-refractivity contribution in [3.63, 3.8) is 0 Å². The predicted octanol–water partition coefficient (Wildman–Crippen LogP) is 1.73. The summed E-state index contributed by atoms with van der Waals surface area (Å²) in [5.74, 6) is -1.06. The Balaban J connectivity index is 2.39. The van der Waals surface area contributed by atoms with E-state index in [0.29, 0.717) is 24.3 Å². The molecule has 2 unspecified atom stereocenters. The molecule has 19 heavy (non-hydrogen) atoms. The molecule has 1 aliphatic rings. The molecular formula is C14H17N3O2. The van der Waals surface area contributed by atoms with Gasteiger partial charge in [-0.05, 0) is 25.8 Å². The van der Waals surface area contributed by atoms with E-state index in [1.807, 2.05) is 31.7 Å². The van der Waals surface area contributed by atoms with Crippen LogP contribution in [0, 0.1) is 37.0 Å². The smallest absolute Gasteiger partial charge is 0.308 e. The van der Waals surface area contributed by atoms with Crippen LogP contribution in [-0.4, -0.2) is 29.1 Å². The number of hydrogen-bond acceptors (Lipinski definition) is 4. The molecule has 2 heterocycles. The highest BCUT2D eigenvalue weighted by atomic mass is 16.4. The Hall–Kier alpha value is -2.09. The average molecular weight is 259 g/mol. The Labute approximate surface area is 112 Å². The Bertz CT molecular complexity index is 563. The van der Waals surface area contributed by atoms with Gasteiger partial charge in [-0.15, -0.1) is 0 Å². The summed E-state index contributed by atoms with van der Waals surface area (Å²) in [6.07, 6.45) is 0. The van der Waals surface area contributed by atoms with Gasteiger partial charge in [0.05, 0.1) is 22.9 Å². The predicted molar refractivity (Wildman–Crippen MR) is 70.9 cm³/mol. The van der Waals surface area contributed by atoms with Crippen molar-refractivity contribution in [1.82, 2.24) is 4.98 Å². The summed E-state index contributed by atoms with van der Waals surface area (Å²) in [6, 6.07) is 4.04. The number of aliphatic carboxylic acids is 1. The highest BCUT2D eigenvalue weighted by molar-refractivity contribution is 5.73. The van der Waals surface area contributed by atoms with Gasteiger partial charge in [-0.25, -0.2) is 0 Å². The van der Waals surface area contributed by atoms with Gasteiger partial charge in [-0.2, -0.15) is 5.26 Å². The quantitative estimate of drug-likeness (QED) is 0.875. The van der Waals surface area contributed by atoms with Crippen LogP contribution in [0.2, 0.25) is 0 Å². The van der Waals surface area contributed by atoms with E-state index in [1.165, 1.54) is 0 Å². The Morgan fingerprint density at radius 1 is 1.53 bits per heavy atom. The second-order valence-electron chi connectivity index (χ2n) is 5.18. The highest BCUT2D eigenvalue weighted by Crippen LogP contribution is 2.31. The van der Waals surface area contributed by atoms with Crippen molar-refractivity contribution in [2.45, 2.75) is 20.8 Å². The number of aryl methyl sites for hydroxylation is 2. The molecule has 0 bridgehead atoms. The number of aromatic nitrogens is 1. The topological polar surface area (TPSA) is 77.2 Å². The number of pyridine rings is 1. The standard InChI is InChI=1S/C14H17N3O2/c1-8-6-17(7-12(8)14(18)19)13-4-9(2)16-10(3)11(13)5-15/h4,8,12H,6-7H2,1-3H3,(H,18,19). The molecule has 5 heteroatoms. The maximum Gasteiger partial charge on any atom is 0.308 e. The molecule has 0 saturated carbocycles. The molecule has 5 nitrogen and oxygen atoms in total. The molecule has 2 rings (SSSR count). The van der Waals surface area contributed by atoms with Crippen LogP contribution < -0.4 is 4.90 Å². The third-order valence-corrected chi connectivity index (χ3v) is 3.69. The third-order valence-electron chi connectivity index (χ3n) is 3.69. The lowest BCUT2D eigenvalue weighted by Crippen LogP contribution is -2.24. The van der Waals surface area contributed by atoms with Gasteiger partial charge < -0.3 is 10.0 Å². The fourth-order valence-electron chi connectivity index (χ4n) is 2.68. The van der Waals surface area contributed by atoms with Crippen LogP contribution in [0.4, 0.5) is 5.69 Å². The lowest BCUT2D eigenvalue weighted by molar-refractivity contribution is -0.142. The zero-order valence-corrected chi connectivity index (χ0v) is 11.3. The van der Waals surface area contributed by atoms with Crippen molar-refractivity contribution >= 4 is 11.7 Å². The largest absolute Gasteiger partial charge is 0.481 e. The fourth-order valence-corrected chi connectivity index (χ4v) is 2.68. The molecule has 1 aromatic rings. The van der Waals surface area contributed by atoms with Crippen molar-refractivity contribution in [1.29, 1.82) is 5.26 Å². The van der Waals surface area contributed by atoms with Gasteiger partial charge in [0.25, 0.3) is 0 Å². The van der Waals surface area contributed by atoms with E-state index in [9.17, 15) is 15.2 Å². The molecule has 1 aliphatic heterocycles. The molecule has 1 saturated heterocycles. The van der Waals surface area contributed by atoms with Crippen molar-refractivity contribution in [2.24, 2.45) is 11.8 Å². The summed E-state index contributed by atoms with van der Waals surface area (Å²) < 4.78 is 0. The number of nitriles is 1. The van der Waals surface area contributed by atoms with Crippen LogP contribution in [0.25, 0.3) is 0 Å². The molecule has 2 atom stereocenters. The first-order valence-electron chi connectivity index (χ1n) is 6.30. The fraction of sp³-hybridized carbons (Fsp3) is 0.500. The molecule has 0 aliphatic carbocycles. The van der Waals surface area contributed by atoms with Gasteiger partial charge in [0.2, 0.25) is 0 Å². The van der Waals surface area contributed by atoms with E-state index in [1.54, 1.807) is 0 Å². The van der Waals surface area contributed by atoms with Gasteiger partial charge in [0, 0.05) is 18.8 Å². The van der Waals surface area contributed by atoms with Gasteiger partial charge >= 0.3 is 5.97 Å². The van der Waals surface area contributed by atoms with E-state index >= 15 is 0 Å². The zero-order chi connectivity index (χ0) is 14.2. The van der Waals surface area contributed by atoms with E-state index in [-0.39, 0.29) is 11.8 Å². The molecule has 1 N–H and O–H groups in total. The maximum atomic E-state index is 11.2. The zero-order valence-electron chi connectivity index (χ0n) is 11.3. The monoisotopic (exact) mass is 259 g/mol. The SMILES string of the molecule is Cc1cc(N2CC(C)C(C(=O)O)C2)c(C#N)c(C)n1. The minimum absolute atomic E-state index is 0.0813. The number of carbonyl (C=O) groups is 1. The minimum atomic E-state index is -0.768. The summed E-state index contributed by atoms with van der Waals surface area (Å²) in [7, 11) is 0. The maximum absolute atomic E-state index is 11.2.